The van der Waals surface area contributed by atoms with Crippen LogP contribution in [0.25, 0.3) is 0 Å². The van der Waals surface area contributed by atoms with Crippen LogP contribution in [0.2, 0.25) is 5.02 Å². The van der Waals surface area contributed by atoms with Crippen molar-refractivity contribution in [1.82, 2.24) is 9.88 Å². The Morgan fingerprint density at radius 1 is 1.43 bits per heavy atom. The average molecular weight is 355 g/mol. The molecular weight excluding hydrogens is 336 g/mol. The molecule has 23 heavy (non-hydrogen) atoms. The smallest absolute Gasteiger partial charge is 0.325 e. The highest BCUT2D eigenvalue weighted by Gasteiger charge is 2.10. The fourth-order valence-corrected chi connectivity index (χ4v) is 2.60. The molecule has 0 bridgehead atoms. The van der Waals surface area contributed by atoms with Crippen LogP contribution < -0.4 is 10.6 Å². The molecule has 0 atom stereocenters. The van der Waals surface area contributed by atoms with Crippen LogP contribution >= 0.6 is 22.9 Å². The van der Waals surface area contributed by atoms with Gasteiger partial charge in [-0.1, -0.05) is 11.6 Å². The van der Waals surface area contributed by atoms with Crippen molar-refractivity contribution < 1.29 is 9.90 Å². The van der Waals surface area contributed by atoms with Gasteiger partial charge in [0.25, 0.3) is 0 Å². The van der Waals surface area contributed by atoms with Crippen LogP contribution in [0, 0.1) is 0 Å². The molecule has 1 aromatic carbocycles. The number of carbonyl (C=O) groups excluding carboxylic acids is 1. The molecular formula is C15H19ClN4O2S. The number of aromatic nitrogens is 1. The van der Waals surface area contributed by atoms with E-state index in [0.29, 0.717) is 16.9 Å². The fraction of sp³-hybridized carbons (Fsp3) is 0.333. The van der Waals surface area contributed by atoms with Gasteiger partial charge in [0.05, 0.1) is 10.7 Å². The Bertz CT molecular complexity index is 690. The number of phenols is 1. The van der Waals surface area contributed by atoms with Gasteiger partial charge in [-0.25, -0.2) is 9.78 Å². The fourth-order valence-electron chi connectivity index (χ4n) is 1.72. The maximum Gasteiger partial charge on any atom is 0.325 e. The summed E-state index contributed by atoms with van der Waals surface area (Å²) in [7, 11) is 2.03. The average Bonchev–Trinajstić information content (AvgIpc) is 2.89. The molecule has 2 aromatic rings. The summed E-state index contributed by atoms with van der Waals surface area (Å²) in [6, 6.07) is 4.47. The van der Waals surface area contributed by atoms with Gasteiger partial charge >= 0.3 is 6.03 Å². The van der Waals surface area contributed by atoms with E-state index in [0.717, 1.165) is 12.2 Å². The highest BCUT2D eigenvalue weighted by atomic mass is 35.5. The lowest BCUT2D eigenvalue weighted by molar-refractivity contribution is 0.261. The van der Waals surface area contributed by atoms with E-state index in [9.17, 15) is 9.90 Å². The molecule has 0 saturated heterocycles. The lowest BCUT2D eigenvalue weighted by atomic mass is 10.3. The second-order valence-corrected chi connectivity index (χ2v) is 6.66. The largest absolute Gasteiger partial charge is 0.506 e. The third kappa shape index (κ3) is 5.09. The molecule has 6 nitrogen and oxygen atoms in total. The molecule has 124 valence electrons. The van der Waals surface area contributed by atoms with E-state index in [4.69, 9.17) is 11.6 Å². The van der Waals surface area contributed by atoms with Gasteiger partial charge in [-0.05, 0) is 39.1 Å². The van der Waals surface area contributed by atoms with Gasteiger partial charge in [0.15, 0.2) is 5.13 Å². The maximum absolute atomic E-state index is 11.9. The first kappa shape index (κ1) is 17.5. The van der Waals surface area contributed by atoms with Crippen molar-refractivity contribution in [3.05, 3.63) is 34.3 Å². The molecule has 0 unspecified atom stereocenters. The molecule has 0 aliphatic carbocycles. The number of aromatic hydroxyl groups is 1. The molecule has 2 rings (SSSR count). The molecule has 0 spiro atoms. The number of hydrogen-bond acceptors (Lipinski definition) is 5. The Morgan fingerprint density at radius 3 is 2.83 bits per heavy atom. The lowest BCUT2D eigenvalue weighted by Crippen LogP contribution is -2.25. The van der Waals surface area contributed by atoms with Gasteiger partial charge in [0.1, 0.15) is 5.75 Å². The van der Waals surface area contributed by atoms with Crippen molar-refractivity contribution >= 4 is 39.8 Å². The molecule has 0 aliphatic rings. The van der Waals surface area contributed by atoms with Crippen LogP contribution in [0.5, 0.6) is 5.75 Å². The molecule has 0 fully saturated rings. The van der Waals surface area contributed by atoms with E-state index in [1.165, 1.54) is 23.5 Å². The Labute approximate surface area is 144 Å². The molecule has 2 amide bonds. The number of carbonyl (C=O) groups is 1. The van der Waals surface area contributed by atoms with Crippen molar-refractivity contribution in [3.63, 3.8) is 0 Å². The van der Waals surface area contributed by atoms with E-state index >= 15 is 0 Å². The predicted octanol–water partition coefficient (Wildman–Crippen LogP) is 3.99. The summed E-state index contributed by atoms with van der Waals surface area (Å²) >= 11 is 7.17. The molecule has 8 heteroatoms. The van der Waals surface area contributed by atoms with Gasteiger partial charge in [-0.3, -0.25) is 10.2 Å². The Hall–Kier alpha value is -1.83. The topological polar surface area (TPSA) is 77.5 Å². The summed E-state index contributed by atoms with van der Waals surface area (Å²) in [5.41, 5.74) is 1.40. The van der Waals surface area contributed by atoms with Crippen LogP contribution in [0.1, 0.15) is 19.5 Å². The van der Waals surface area contributed by atoms with Gasteiger partial charge in [-0.15, -0.1) is 11.3 Å². The third-order valence-corrected chi connectivity index (χ3v) is 4.38. The lowest BCUT2D eigenvalue weighted by Gasteiger charge is -2.19. The standard InChI is InChI=1S/C15H19ClN4O2S/c1-9(2)20(3)7-11-8-23-15(18-11)19-14(22)17-10-4-5-13(21)12(16)6-10/h4-6,8-9,21H,7H2,1-3H3,(H2,17,18,19,22). The van der Waals surface area contributed by atoms with Crippen LogP contribution in [0.3, 0.4) is 0 Å². The first-order valence-corrected chi connectivity index (χ1v) is 8.32. The summed E-state index contributed by atoms with van der Waals surface area (Å²) in [5, 5.41) is 17.3. The monoisotopic (exact) mass is 354 g/mol. The maximum atomic E-state index is 11.9. The number of anilines is 2. The zero-order valence-electron chi connectivity index (χ0n) is 13.1. The number of nitrogens with one attached hydrogen (secondary N) is 2. The highest BCUT2D eigenvalue weighted by molar-refractivity contribution is 7.13. The molecule has 0 radical (unpaired) electrons. The Morgan fingerprint density at radius 2 is 2.17 bits per heavy atom. The van der Waals surface area contributed by atoms with Crippen molar-refractivity contribution in [2.75, 3.05) is 17.7 Å². The Balaban J connectivity index is 1.92. The van der Waals surface area contributed by atoms with Crippen LogP contribution in [0.15, 0.2) is 23.6 Å². The van der Waals surface area contributed by atoms with E-state index in [2.05, 4.69) is 34.4 Å². The second-order valence-electron chi connectivity index (χ2n) is 5.40. The van der Waals surface area contributed by atoms with Crippen molar-refractivity contribution in [2.45, 2.75) is 26.4 Å². The molecule has 0 saturated carbocycles. The minimum absolute atomic E-state index is 0.0311. The number of hydrogen-bond donors (Lipinski definition) is 3. The first-order chi connectivity index (χ1) is 10.8. The van der Waals surface area contributed by atoms with Crippen molar-refractivity contribution in [2.24, 2.45) is 0 Å². The highest BCUT2D eigenvalue weighted by Crippen LogP contribution is 2.26. The normalized spacial score (nSPS) is 11.0. The van der Waals surface area contributed by atoms with Gasteiger partial charge in [0.2, 0.25) is 0 Å². The molecule has 1 heterocycles. The van der Waals surface area contributed by atoms with Gasteiger partial charge in [0, 0.05) is 23.7 Å². The number of halogens is 1. The summed E-state index contributed by atoms with van der Waals surface area (Å²) < 4.78 is 0. The number of rotatable bonds is 5. The van der Waals surface area contributed by atoms with Crippen LogP contribution in [0.4, 0.5) is 15.6 Å². The predicted molar refractivity (Wildman–Crippen MR) is 94.5 cm³/mol. The SMILES string of the molecule is CC(C)N(C)Cc1csc(NC(=O)Nc2ccc(O)c(Cl)c2)n1. The number of amides is 2. The Kier molecular flexibility index (Phi) is 5.81. The summed E-state index contributed by atoms with van der Waals surface area (Å²) in [5.74, 6) is -0.0311. The molecule has 3 N–H and O–H groups in total. The zero-order chi connectivity index (χ0) is 17.0. The first-order valence-electron chi connectivity index (χ1n) is 7.06. The van der Waals surface area contributed by atoms with Crippen LogP contribution in [-0.4, -0.2) is 34.1 Å². The van der Waals surface area contributed by atoms with E-state index in [1.54, 1.807) is 6.07 Å². The van der Waals surface area contributed by atoms with Crippen LogP contribution in [-0.2, 0) is 6.54 Å². The molecule has 0 aliphatic heterocycles. The number of phenolic OH excluding ortho intramolecular Hbond substituents is 1. The van der Waals surface area contributed by atoms with Crippen molar-refractivity contribution in [3.8, 4) is 5.75 Å². The third-order valence-electron chi connectivity index (χ3n) is 3.27. The minimum Gasteiger partial charge on any atom is -0.506 e. The van der Waals surface area contributed by atoms with Gasteiger partial charge in [-0.2, -0.15) is 0 Å². The van der Waals surface area contributed by atoms with E-state index in [1.807, 2.05) is 12.4 Å². The number of benzene rings is 1. The second kappa shape index (κ2) is 7.63. The van der Waals surface area contributed by atoms with Gasteiger partial charge < -0.3 is 10.4 Å². The van der Waals surface area contributed by atoms with E-state index < -0.39 is 6.03 Å². The van der Waals surface area contributed by atoms with Crippen molar-refractivity contribution in [1.29, 1.82) is 0 Å². The number of urea groups is 1. The minimum atomic E-state index is -0.412. The quantitative estimate of drug-likeness (QED) is 0.709. The number of nitrogens with zero attached hydrogens (tertiary/aromatic N) is 2. The summed E-state index contributed by atoms with van der Waals surface area (Å²) in [6.07, 6.45) is 0. The summed E-state index contributed by atoms with van der Waals surface area (Å²) in [4.78, 5) is 18.5. The molecule has 1 aromatic heterocycles. The summed E-state index contributed by atoms with van der Waals surface area (Å²) in [6.45, 7) is 4.95. The van der Waals surface area contributed by atoms with E-state index in [-0.39, 0.29) is 10.8 Å². The number of thiazole rings is 1. The zero-order valence-corrected chi connectivity index (χ0v) is 14.7.